The first-order valence-corrected chi connectivity index (χ1v) is 9.30. The number of nitrogens with one attached hydrogen (secondary N) is 1. The molecule has 0 aliphatic carbocycles. The van der Waals surface area contributed by atoms with Gasteiger partial charge in [-0.25, -0.2) is 0 Å². The van der Waals surface area contributed by atoms with E-state index in [1.54, 1.807) is 0 Å². The lowest BCUT2D eigenvalue weighted by Gasteiger charge is -2.31. The summed E-state index contributed by atoms with van der Waals surface area (Å²) in [5.74, 6) is 0. The molecule has 2 aromatic rings. The maximum absolute atomic E-state index is 4.69. The van der Waals surface area contributed by atoms with E-state index in [1.165, 1.54) is 47.3 Å². The Morgan fingerprint density at radius 2 is 1.92 bits per heavy atom. The maximum Gasteiger partial charge on any atom is 0.0447 e. The zero-order chi connectivity index (χ0) is 16.8. The fourth-order valence-electron chi connectivity index (χ4n) is 3.44. The van der Waals surface area contributed by atoms with Gasteiger partial charge in [-0.3, -0.25) is 4.98 Å². The molecule has 0 spiro atoms. The third kappa shape index (κ3) is 3.96. The van der Waals surface area contributed by atoms with Crippen molar-refractivity contribution in [1.29, 1.82) is 0 Å². The molecular formula is C21H29N3. The van der Waals surface area contributed by atoms with Crippen LogP contribution in [0, 0.1) is 6.92 Å². The van der Waals surface area contributed by atoms with Gasteiger partial charge in [-0.2, -0.15) is 0 Å². The number of unbranched alkanes of at least 4 members (excludes halogenated alkanes) is 2. The van der Waals surface area contributed by atoms with E-state index in [0.29, 0.717) is 0 Å². The second-order valence-electron chi connectivity index (χ2n) is 6.68. The number of rotatable bonds is 6. The smallest absolute Gasteiger partial charge is 0.0447 e. The molecule has 0 unspecified atom stereocenters. The first-order chi connectivity index (χ1) is 11.8. The van der Waals surface area contributed by atoms with Crippen molar-refractivity contribution >= 4 is 5.69 Å². The molecule has 3 nitrogen and oxygen atoms in total. The van der Waals surface area contributed by atoms with Crippen molar-refractivity contribution in [2.75, 3.05) is 31.1 Å². The van der Waals surface area contributed by atoms with E-state index in [2.05, 4.69) is 59.4 Å². The van der Waals surface area contributed by atoms with Crippen LogP contribution in [0.15, 0.2) is 36.5 Å². The van der Waals surface area contributed by atoms with Gasteiger partial charge in [-0.15, -0.1) is 0 Å². The number of hydrogen-bond acceptors (Lipinski definition) is 3. The fourth-order valence-corrected chi connectivity index (χ4v) is 3.44. The van der Waals surface area contributed by atoms with Crippen LogP contribution in [0.2, 0.25) is 0 Å². The molecule has 0 bridgehead atoms. The van der Waals surface area contributed by atoms with E-state index in [-0.39, 0.29) is 0 Å². The zero-order valence-corrected chi connectivity index (χ0v) is 15.0. The van der Waals surface area contributed by atoms with Crippen molar-refractivity contribution in [2.24, 2.45) is 0 Å². The summed E-state index contributed by atoms with van der Waals surface area (Å²) < 4.78 is 0. The molecule has 128 valence electrons. The van der Waals surface area contributed by atoms with E-state index >= 15 is 0 Å². The average Bonchev–Trinajstić information content (AvgIpc) is 2.64. The minimum absolute atomic E-state index is 1.06. The van der Waals surface area contributed by atoms with Crippen LogP contribution in [0.1, 0.15) is 37.4 Å². The topological polar surface area (TPSA) is 28.2 Å². The van der Waals surface area contributed by atoms with Crippen LogP contribution in [0.5, 0.6) is 0 Å². The van der Waals surface area contributed by atoms with E-state index in [1.807, 2.05) is 6.20 Å². The lowest BCUT2D eigenvalue weighted by atomic mass is 9.99. The number of aryl methyl sites for hydroxylation is 2. The van der Waals surface area contributed by atoms with Crippen molar-refractivity contribution in [3.63, 3.8) is 0 Å². The van der Waals surface area contributed by atoms with Crippen LogP contribution in [-0.4, -0.2) is 31.2 Å². The van der Waals surface area contributed by atoms with Crippen LogP contribution in [0.25, 0.3) is 11.1 Å². The molecule has 3 heteroatoms. The number of anilines is 1. The Hall–Kier alpha value is -1.87. The Morgan fingerprint density at radius 3 is 2.71 bits per heavy atom. The number of nitrogens with zero attached hydrogens (tertiary/aromatic N) is 2. The molecule has 0 atom stereocenters. The van der Waals surface area contributed by atoms with Gasteiger partial charge >= 0.3 is 0 Å². The molecule has 1 aromatic heterocycles. The minimum atomic E-state index is 1.06. The lowest BCUT2D eigenvalue weighted by Crippen LogP contribution is -2.43. The van der Waals surface area contributed by atoms with Gasteiger partial charge < -0.3 is 10.2 Å². The standard InChI is InChI=1S/C21H29N3/c1-3-4-5-8-18-15-19(16-23-17(18)2)20-9-6-7-10-21(20)24-13-11-22-12-14-24/h6-7,9-10,15-16,22H,3-5,8,11-14H2,1-2H3. The number of pyridine rings is 1. The Morgan fingerprint density at radius 1 is 1.12 bits per heavy atom. The van der Waals surface area contributed by atoms with E-state index in [4.69, 9.17) is 0 Å². The lowest BCUT2D eigenvalue weighted by molar-refractivity contribution is 0.589. The molecular weight excluding hydrogens is 294 g/mol. The van der Waals surface area contributed by atoms with Crippen LogP contribution in [0.3, 0.4) is 0 Å². The van der Waals surface area contributed by atoms with Crippen molar-refractivity contribution < 1.29 is 0 Å². The van der Waals surface area contributed by atoms with E-state index in [9.17, 15) is 0 Å². The number of aromatic nitrogens is 1. The maximum atomic E-state index is 4.69. The molecule has 24 heavy (non-hydrogen) atoms. The Balaban J connectivity index is 1.89. The van der Waals surface area contributed by atoms with Gasteiger partial charge in [-0.1, -0.05) is 38.0 Å². The molecule has 1 aliphatic rings. The number of para-hydroxylation sites is 1. The summed E-state index contributed by atoms with van der Waals surface area (Å²) in [5, 5.41) is 3.43. The monoisotopic (exact) mass is 323 g/mol. The van der Waals surface area contributed by atoms with Crippen molar-refractivity contribution in [3.8, 4) is 11.1 Å². The van der Waals surface area contributed by atoms with E-state index < -0.39 is 0 Å². The van der Waals surface area contributed by atoms with Crippen LogP contribution in [-0.2, 0) is 6.42 Å². The third-order valence-electron chi connectivity index (χ3n) is 4.91. The largest absolute Gasteiger partial charge is 0.368 e. The molecule has 1 N–H and O–H groups in total. The second-order valence-corrected chi connectivity index (χ2v) is 6.68. The highest BCUT2D eigenvalue weighted by molar-refractivity contribution is 5.78. The summed E-state index contributed by atoms with van der Waals surface area (Å²) in [7, 11) is 0. The Kier molecular flexibility index (Phi) is 5.86. The number of piperazine rings is 1. The molecule has 1 saturated heterocycles. The predicted octanol–water partition coefficient (Wildman–Crippen LogP) is 4.20. The Labute approximate surface area is 146 Å². The highest BCUT2D eigenvalue weighted by Crippen LogP contribution is 2.31. The average molecular weight is 323 g/mol. The molecule has 0 radical (unpaired) electrons. The van der Waals surface area contributed by atoms with Crippen molar-refractivity contribution in [2.45, 2.75) is 39.5 Å². The van der Waals surface area contributed by atoms with Gasteiger partial charge in [0.1, 0.15) is 0 Å². The molecule has 1 aliphatic heterocycles. The predicted molar refractivity (Wildman–Crippen MR) is 103 cm³/mol. The number of hydrogen-bond donors (Lipinski definition) is 1. The first kappa shape index (κ1) is 17.0. The second kappa shape index (κ2) is 8.29. The van der Waals surface area contributed by atoms with Gasteiger partial charge in [0.15, 0.2) is 0 Å². The van der Waals surface area contributed by atoms with Gasteiger partial charge in [-0.05, 0) is 37.5 Å². The summed E-state index contributed by atoms with van der Waals surface area (Å²) >= 11 is 0. The zero-order valence-electron chi connectivity index (χ0n) is 15.0. The summed E-state index contributed by atoms with van der Waals surface area (Å²) in [6.07, 6.45) is 6.98. The normalized spacial score (nSPS) is 14.8. The third-order valence-corrected chi connectivity index (χ3v) is 4.91. The van der Waals surface area contributed by atoms with Gasteiger partial charge in [0, 0.05) is 54.9 Å². The fraction of sp³-hybridized carbons (Fsp3) is 0.476. The van der Waals surface area contributed by atoms with Crippen LogP contribution < -0.4 is 10.2 Å². The molecule has 1 aromatic carbocycles. The van der Waals surface area contributed by atoms with Gasteiger partial charge in [0.05, 0.1) is 0 Å². The molecule has 0 saturated carbocycles. The molecule has 1 fully saturated rings. The first-order valence-electron chi connectivity index (χ1n) is 9.30. The van der Waals surface area contributed by atoms with E-state index in [0.717, 1.165) is 32.6 Å². The summed E-state index contributed by atoms with van der Waals surface area (Å²) in [4.78, 5) is 7.18. The molecule has 0 amide bonds. The Bertz CT molecular complexity index is 660. The molecule has 2 heterocycles. The van der Waals surface area contributed by atoms with Gasteiger partial charge in [0.25, 0.3) is 0 Å². The van der Waals surface area contributed by atoms with Crippen molar-refractivity contribution in [1.82, 2.24) is 10.3 Å². The van der Waals surface area contributed by atoms with Gasteiger partial charge in [0.2, 0.25) is 0 Å². The summed E-state index contributed by atoms with van der Waals surface area (Å²) in [5.41, 5.74) is 6.47. The SMILES string of the molecule is CCCCCc1cc(-c2ccccc2N2CCNCC2)cnc1C. The van der Waals surface area contributed by atoms with Crippen LogP contribution >= 0.6 is 0 Å². The van der Waals surface area contributed by atoms with Crippen molar-refractivity contribution in [3.05, 3.63) is 47.8 Å². The minimum Gasteiger partial charge on any atom is -0.368 e. The highest BCUT2D eigenvalue weighted by Gasteiger charge is 2.15. The number of benzene rings is 1. The summed E-state index contributed by atoms with van der Waals surface area (Å²) in [6, 6.07) is 11.1. The molecule has 3 rings (SSSR count). The highest BCUT2D eigenvalue weighted by atomic mass is 15.2. The van der Waals surface area contributed by atoms with Crippen LogP contribution in [0.4, 0.5) is 5.69 Å². The quantitative estimate of drug-likeness (QED) is 0.808. The summed E-state index contributed by atoms with van der Waals surface area (Å²) in [6.45, 7) is 8.64.